The summed E-state index contributed by atoms with van der Waals surface area (Å²) in [6.45, 7) is 8.24. The molecule has 2 N–H and O–H groups in total. The zero-order valence-corrected chi connectivity index (χ0v) is 11.5. The summed E-state index contributed by atoms with van der Waals surface area (Å²) >= 11 is 0. The van der Waals surface area contributed by atoms with E-state index in [1.165, 1.54) is 0 Å². The number of pyridine rings is 1. The van der Waals surface area contributed by atoms with Crippen molar-refractivity contribution in [2.24, 2.45) is 11.7 Å². The smallest absolute Gasteiger partial charge is 0.0547 e. The Morgan fingerprint density at radius 2 is 2.06 bits per heavy atom. The molecule has 0 aliphatic rings. The maximum Gasteiger partial charge on any atom is 0.0547 e. The van der Waals surface area contributed by atoms with Gasteiger partial charge in [0.05, 0.1) is 5.69 Å². The topological polar surface area (TPSA) is 42.1 Å². The molecule has 0 radical (unpaired) electrons. The summed E-state index contributed by atoms with van der Waals surface area (Å²) in [5.74, 6) is 0.662. The van der Waals surface area contributed by atoms with Crippen LogP contribution in [0.1, 0.15) is 31.7 Å². The van der Waals surface area contributed by atoms with Gasteiger partial charge in [-0.25, -0.2) is 0 Å². The number of aryl methyl sites for hydroxylation is 1. The number of likely N-dealkylation sites (N-methyl/N-ethyl adjacent to an activating group) is 1. The van der Waals surface area contributed by atoms with E-state index >= 15 is 0 Å². The fraction of sp³-hybridized carbons (Fsp3) is 0.643. The van der Waals surface area contributed by atoms with E-state index in [2.05, 4.69) is 42.9 Å². The molecule has 96 valence electrons. The first-order chi connectivity index (χ1) is 7.97. The zero-order chi connectivity index (χ0) is 12.8. The average molecular weight is 235 g/mol. The fourth-order valence-electron chi connectivity index (χ4n) is 2.11. The molecule has 17 heavy (non-hydrogen) atoms. The molecule has 0 amide bonds. The summed E-state index contributed by atoms with van der Waals surface area (Å²) in [4.78, 5) is 6.74. The van der Waals surface area contributed by atoms with E-state index in [1.54, 1.807) is 0 Å². The molecule has 3 nitrogen and oxygen atoms in total. The van der Waals surface area contributed by atoms with Gasteiger partial charge < -0.3 is 5.73 Å². The third-order valence-corrected chi connectivity index (χ3v) is 2.70. The van der Waals surface area contributed by atoms with E-state index in [1.807, 2.05) is 13.0 Å². The van der Waals surface area contributed by atoms with Gasteiger partial charge in [-0.05, 0) is 38.4 Å². The Labute approximate surface area is 105 Å². The lowest BCUT2D eigenvalue weighted by atomic mass is 10.0. The molecular weight excluding hydrogens is 210 g/mol. The Bertz CT molecular complexity index is 336. The standard InChI is InChI=1S/C14H25N3/c1-11(2)8-13(15)9-17(4)10-14-7-5-6-12(3)16-14/h5-7,11,13H,8-10,15H2,1-4H3. The maximum atomic E-state index is 6.10. The minimum atomic E-state index is 0.254. The van der Waals surface area contributed by atoms with Crippen molar-refractivity contribution >= 4 is 0 Å². The van der Waals surface area contributed by atoms with Gasteiger partial charge in [-0.1, -0.05) is 19.9 Å². The Morgan fingerprint density at radius 1 is 1.35 bits per heavy atom. The lowest BCUT2D eigenvalue weighted by Crippen LogP contribution is -2.36. The van der Waals surface area contributed by atoms with Crippen LogP contribution in [0.4, 0.5) is 0 Å². The van der Waals surface area contributed by atoms with E-state index in [0.29, 0.717) is 5.92 Å². The number of hydrogen-bond donors (Lipinski definition) is 1. The van der Waals surface area contributed by atoms with E-state index < -0.39 is 0 Å². The molecule has 1 heterocycles. The van der Waals surface area contributed by atoms with Gasteiger partial charge >= 0.3 is 0 Å². The van der Waals surface area contributed by atoms with Crippen LogP contribution in [0.25, 0.3) is 0 Å². The summed E-state index contributed by atoms with van der Waals surface area (Å²) in [6, 6.07) is 6.40. The second-order valence-corrected chi connectivity index (χ2v) is 5.36. The van der Waals surface area contributed by atoms with E-state index in [4.69, 9.17) is 5.73 Å². The largest absolute Gasteiger partial charge is 0.327 e. The van der Waals surface area contributed by atoms with Crippen LogP contribution in [0.5, 0.6) is 0 Å². The highest BCUT2D eigenvalue weighted by Gasteiger charge is 2.09. The molecule has 3 heteroatoms. The summed E-state index contributed by atoms with van der Waals surface area (Å²) in [5, 5.41) is 0. The maximum absolute atomic E-state index is 6.10. The van der Waals surface area contributed by atoms with Gasteiger partial charge in [-0.2, -0.15) is 0 Å². The molecule has 1 atom stereocenters. The zero-order valence-electron chi connectivity index (χ0n) is 11.5. The molecule has 0 saturated heterocycles. The highest BCUT2D eigenvalue weighted by Crippen LogP contribution is 2.06. The summed E-state index contributed by atoms with van der Waals surface area (Å²) in [5.41, 5.74) is 8.28. The molecule has 1 aromatic heterocycles. The number of rotatable bonds is 6. The van der Waals surface area contributed by atoms with Crippen molar-refractivity contribution in [2.45, 2.75) is 39.8 Å². The Kier molecular flexibility index (Phi) is 5.59. The van der Waals surface area contributed by atoms with Crippen molar-refractivity contribution in [1.82, 2.24) is 9.88 Å². The van der Waals surface area contributed by atoms with Gasteiger partial charge in [0.15, 0.2) is 0 Å². The molecule has 0 aromatic carbocycles. The van der Waals surface area contributed by atoms with Gasteiger partial charge in [0.1, 0.15) is 0 Å². The predicted octanol–water partition coefficient (Wildman–Crippen LogP) is 2.20. The quantitative estimate of drug-likeness (QED) is 0.822. The van der Waals surface area contributed by atoms with Gasteiger partial charge in [0, 0.05) is 24.8 Å². The fourth-order valence-corrected chi connectivity index (χ4v) is 2.11. The second-order valence-electron chi connectivity index (χ2n) is 5.36. The van der Waals surface area contributed by atoms with Crippen LogP contribution >= 0.6 is 0 Å². The molecule has 1 rings (SSSR count). The molecule has 0 aliphatic heterocycles. The number of nitrogens with two attached hydrogens (primary N) is 1. The molecule has 1 aromatic rings. The average Bonchev–Trinajstić information content (AvgIpc) is 2.14. The van der Waals surface area contributed by atoms with Crippen molar-refractivity contribution in [1.29, 1.82) is 0 Å². The molecule has 1 unspecified atom stereocenters. The van der Waals surface area contributed by atoms with Crippen LogP contribution < -0.4 is 5.73 Å². The van der Waals surface area contributed by atoms with Gasteiger partial charge in [0.2, 0.25) is 0 Å². The van der Waals surface area contributed by atoms with Crippen molar-refractivity contribution < 1.29 is 0 Å². The molecule has 0 aliphatic carbocycles. The van der Waals surface area contributed by atoms with Gasteiger partial charge in [-0.3, -0.25) is 9.88 Å². The van der Waals surface area contributed by atoms with Crippen LogP contribution in [-0.2, 0) is 6.54 Å². The number of nitrogens with zero attached hydrogens (tertiary/aromatic N) is 2. The molecular formula is C14H25N3. The SMILES string of the molecule is Cc1cccc(CN(C)CC(N)CC(C)C)n1. The third-order valence-electron chi connectivity index (χ3n) is 2.70. The number of aromatic nitrogens is 1. The van der Waals surface area contributed by atoms with Crippen LogP contribution in [0.3, 0.4) is 0 Å². The highest BCUT2D eigenvalue weighted by atomic mass is 15.1. The summed E-state index contributed by atoms with van der Waals surface area (Å²) in [7, 11) is 2.10. The van der Waals surface area contributed by atoms with Crippen LogP contribution in [0.15, 0.2) is 18.2 Å². The first kappa shape index (κ1) is 14.1. The van der Waals surface area contributed by atoms with E-state index in [-0.39, 0.29) is 6.04 Å². The second kappa shape index (κ2) is 6.72. The monoisotopic (exact) mass is 235 g/mol. The lowest BCUT2D eigenvalue weighted by Gasteiger charge is -2.22. The Morgan fingerprint density at radius 3 is 2.65 bits per heavy atom. The van der Waals surface area contributed by atoms with Crippen LogP contribution in [0, 0.1) is 12.8 Å². The van der Waals surface area contributed by atoms with Crippen molar-refractivity contribution in [3.8, 4) is 0 Å². The minimum Gasteiger partial charge on any atom is -0.327 e. The highest BCUT2D eigenvalue weighted by molar-refractivity contribution is 5.09. The molecule has 0 saturated carbocycles. The van der Waals surface area contributed by atoms with Crippen molar-refractivity contribution in [3.63, 3.8) is 0 Å². The summed E-state index contributed by atoms with van der Waals surface area (Å²) < 4.78 is 0. The van der Waals surface area contributed by atoms with Crippen molar-refractivity contribution in [2.75, 3.05) is 13.6 Å². The predicted molar refractivity (Wildman–Crippen MR) is 72.7 cm³/mol. The first-order valence-electron chi connectivity index (χ1n) is 6.34. The first-order valence-corrected chi connectivity index (χ1v) is 6.34. The minimum absolute atomic E-state index is 0.254. The molecule has 0 spiro atoms. The Hall–Kier alpha value is -0.930. The van der Waals surface area contributed by atoms with Crippen molar-refractivity contribution in [3.05, 3.63) is 29.6 Å². The van der Waals surface area contributed by atoms with E-state index in [9.17, 15) is 0 Å². The van der Waals surface area contributed by atoms with E-state index in [0.717, 1.165) is 30.9 Å². The summed E-state index contributed by atoms with van der Waals surface area (Å²) in [6.07, 6.45) is 1.07. The number of hydrogen-bond acceptors (Lipinski definition) is 3. The molecule has 0 bridgehead atoms. The molecule has 0 fully saturated rings. The van der Waals surface area contributed by atoms with Crippen LogP contribution in [-0.4, -0.2) is 29.5 Å². The Balaban J connectivity index is 2.41. The normalized spacial score (nSPS) is 13.4. The van der Waals surface area contributed by atoms with Crippen LogP contribution in [0.2, 0.25) is 0 Å². The lowest BCUT2D eigenvalue weighted by molar-refractivity contribution is 0.284. The van der Waals surface area contributed by atoms with Gasteiger partial charge in [0.25, 0.3) is 0 Å². The van der Waals surface area contributed by atoms with Gasteiger partial charge in [-0.15, -0.1) is 0 Å². The third kappa shape index (κ3) is 5.80.